The van der Waals surface area contributed by atoms with E-state index in [1.807, 2.05) is 30.3 Å². The van der Waals surface area contributed by atoms with Crippen molar-refractivity contribution in [2.75, 3.05) is 32.7 Å². The summed E-state index contributed by atoms with van der Waals surface area (Å²) < 4.78 is 0. The minimum Gasteiger partial charge on any atom is -0.507 e. The topological polar surface area (TPSA) is 55.7 Å². The summed E-state index contributed by atoms with van der Waals surface area (Å²) in [4.78, 5) is 2.27. The van der Waals surface area contributed by atoms with Gasteiger partial charge in [0, 0.05) is 38.1 Å². The molecule has 20 heavy (non-hydrogen) atoms. The Hall–Kier alpha value is -1.62. The van der Waals surface area contributed by atoms with E-state index >= 15 is 0 Å². The molecule has 2 aromatic rings. The molecule has 3 rings (SSSR count). The minimum atomic E-state index is -0.529. The van der Waals surface area contributed by atoms with Crippen LogP contribution in [0.4, 0.5) is 0 Å². The zero-order valence-electron chi connectivity index (χ0n) is 11.4. The van der Waals surface area contributed by atoms with Gasteiger partial charge in [0.05, 0.1) is 6.10 Å². The van der Waals surface area contributed by atoms with Crippen LogP contribution in [-0.4, -0.2) is 47.8 Å². The van der Waals surface area contributed by atoms with Crippen molar-refractivity contribution in [3.63, 3.8) is 0 Å². The second-order valence-corrected chi connectivity index (χ2v) is 5.29. The summed E-state index contributed by atoms with van der Waals surface area (Å²) in [7, 11) is 0. The maximum Gasteiger partial charge on any atom is 0.123 e. The number of aliphatic hydroxyl groups excluding tert-OH is 1. The molecule has 1 unspecified atom stereocenters. The molecule has 0 aromatic heterocycles. The van der Waals surface area contributed by atoms with Gasteiger partial charge in [-0.1, -0.05) is 30.3 Å². The van der Waals surface area contributed by atoms with Gasteiger partial charge in [0.2, 0.25) is 0 Å². The molecule has 1 heterocycles. The molecule has 1 aliphatic heterocycles. The molecule has 1 fully saturated rings. The highest BCUT2D eigenvalue weighted by molar-refractivity contribution is 5.91. The van der Waals surface area contributed by atoms with E-state index in [4.69, 9.17) is 0 Å². The minimum absolute atomic E-state index is 0.263. The van der Waals surface area contributed by atoms with Crippen LogP contribution in [-0.2, 0) is 0 Å². The molecular weight excluding hydrogens is 252 g/mol. The fourth-order valence-corrected chi connectivity index (χ4v) is 2.83. The second-order valence-electron chi connectivity index (χ2n) is 5.29. The van der Waals surface area contributed by atoms with Gasteiger partial charge in [-0.05, 0) is 17.0 Å². The quantitative estimate of drug-likeness (QED) is 0.792. The van der Waals surface area contributed by atoms with Gasteiger partial charge in [0.1, 0.15) is 5.75 Å². The number of nitrogens with one attached hydrogen (secondary N) is 1. The third kappa shape index (κ3) is 2.63. The first-order valence-corrected chi connectivity index (χ1v) is 7.07. The number of rotatable bonds is 3. The van der Waals surface area contributed by atoms with E-state index < -0.39 is 6.10 Å². The van der Waals surface area contributed by atoms with E-state index in [0.29, 0.717) is 6.54 Å². The lowest BCUT2D eigenvalue weighted by Crippen LogP contribution is -2.44. The van der Waals surface area contributed by atoms with Crippen molar-refractivity contribution in [1.29, 1.82) is 0 Å². The Balaban J connectivity index is 1.87. The number of aliphatic hydroxyl groups is 1. The predicted molar refractivity (Wildman–Crippen MR) is 79.9 cm³/mol. The van der Waals surface area contributed by atoms with Crippen molar-refractivity contribution < 1.29 is 10.2 Å². The first-order chi connectivity index (χ1) is 9.75. The Morgan fingerprint density at radius 1 is 1.05 bits per heavy atom. The predicted octanol–water partition coefficient (Wildman–Crippen LogP) is 1.48. The number of nitrogens with zero attached hydrogens (tertiary/aromatic N) is 1. The summed E-state index contributed by atoms with van der Waals surface area (Å²) in [5.74, 6) is 0.263. The molecule has 4 nitrogen and oxygen atoms in total. The average Bonchev–Trinajstić information content (AvgIpc) is 2.49. The first-order valence-electron chi connectivity index (χ1n) is 7.07. The van der Waals surface area contributed by atoms with Gasteiger partial charge in [0.25, 0.3) is 0 Å². The van der Waals surface area contributed by atoms with Crippen LogP contribution < -0.4 is 5.32 Å². The standard InChI is InChI=1S/C16H20N2O2/c19-15-6-5-14(12-3-1-2-4-13(12)15)16(20)11-18-9-7-17-8-10-18/h1-6,16-17,19-20H,7-11H2. The lowest BCUT2D eigenvalue weighted by molar-refractivity contribution is 0.106. The van der Waals surface area contributed by atoms with Crippen LogP contribution in [0.3, 0.4) is 0 Å². The van der Waals surface area contributed by atoms with Gasteiger partial charge in [-0.25, -0.2) is 0 Å². The van der Waals surface area contributed by atoms with Crippen LogP contribution in [0.15, 0.2) is 36.4 Å². The molecule has 0 bridgehead atoms. The Morgan fingerprint density at radius 3 is 2.50 bits per heavy atom. The van der Waals surface area contributed by atoms with Crippen LogP contribution >= 0.6 is 0 Å². The Morgan fingerprint density at radius 2 is 1.75 bits per heavy atom. The van der Waals surface area contributed by atoms with E-state index in [2.05, 4.69) is 10.2 Å². The third-order valence-corrected chi connectivity index (χ3v) is 3.93. The molecule has 2 aromatic carbocycles. The molecule has 1 saturated heterocycles. The zero-order valence-corrected chi connectivity index (χ0v) is 11.4. The van der Waals surface area contributed by atoms with Crippen molar-refractivity contribution in [3.05, 3.63) is 42.0 Å². The number of hydrogen-bond acceptors (Lipinski definition) is 4. The molecule has 0 amide bonds. The van der Waals surface area contributed by atoms with E-state index in [0.717, 1.165) is 42.5 Å². The van der Waals surface area contributed by atoms with Gasteiger partial charge in [-0.2, -0.15) is 0 Å². The third-order valence-electron chi connectivity index (χ3n) is 3.93. The molecule has 0 aliphatic carbocycles. The molecular formula is C16H20N2O2. The van der Waals surface area contributed by atoms with Gasteiger partial charge in [0.15, 0.2) is 0 Å². The van der Waals surface area contributed by atoms with Crippen molar-refractivity contribution in [2.24, 2.45) is 0 Å². The number of β-amino-alcohol motifs (C(OH)–C–C–N with tert-alkyl or cyclic N) is 1. The molecule has 1 aliphatic rings. The molecule has 0 spiro atoms. The maximum atomic E-state index is 10.5. The molecule has 3 N–H and O–H groups in total. The number of phenolic OH excluding ortho intramolecular Hbond substituents is 1. The summed E-state index contributed by atoms with van der Waals surface area (Å²) in [5.41, 5.74) is 0.886. The number of hydrogen-bond donors (Lipinski definition) is 3. The Labute approximate surface area is 118 Å². The first kappa shape index (κ1) is 13.4. The van der Waals surface area contributed by atoms with E-state index in [9.17, 15) is 10.2 Å². The van der Waals surface area contributed by atoms with Crippen molar-refractivity contribution >= 4 is 10.8 Å². The fraction of sp³-hybridized carbons (Fsp3) is 0.375. The van der Waals surface area contributed by atoms with Gasteiger partial charge in [-0.15, -0.1) is 0 Å². The van der Waals surface area contributed by atoms with Crippen LogP contribution in [0.2, 0.25) is 0 Å². The lowest BCUT2D eigenvalue weighted by atomic mass is 9.99. The summed E-state index contributed by atoms with van der Waals surface area (Å²) >= 11 is 0. The fourth-order valence-electron chi connectivity index (χ4n) is 2.83. The van der Waals surface area contributed by atoms with E-state index in [1.54, 1.807) is 6.07 Å². The van der Waals surface area contributed by atoms with Gasteiger partial charge < -0.3 is 15.5 Å². The highest BCUT2D eigenvalue weighted by atomic mass is 16.3. The summed E-state index contributed by atoms with van der Waals surface area (Å²) in [5, 5.41) is 25.4. The molecule has 1 atom stereocenters. The normalized spacial score (nSPS) is 18.2. The number of fused-ring (bicyclic) bond motifs is 1. The van der Waals surface area contributed by atoms with E-state index in [1.165, 1.54) is 0 Å². The zero-order chi connectivity index (χ0) is 13.9. The van der Waals surface area contributed by atoms with Crippen LogP contribution in [0.5, 0.6) is 5.75 Å². The van der Waals surface area contributed by atoms with Crippen LogP contribution in [0.25, 0.3) is 10.8 Å². The molecule has 106 valence electrons. The second kappa shape index (κ2) is 5.79. The van der Waals surface area contributed by atoms with Crippen molar-refractivity contribution in [2.45, 2.75) is 6.10 Å². The average molecular weight is 272 g/mol. The summed E-state index contributed by atoms with van der Waals surface area (Å²) in [6, 6.07) is 11.2. The monoisotopic (exact) mass is 272 g/mol. The van der Waals surface area contributed by atoms with Crippen LogP contribution in [0.1, 0.15) is 11.7 Å². The molecule has 0 radical (unpaired) electrons. The number of aromatic hydroxyl groups is 1. The summed E-state index contributed by atoms with van der Waals surface area (Å²) in [6.07, 6.45) is -0.529. The summed E-state index contributed by atoms with van der Waals surface area (Å²) in [6.45, 7) is 4.52. The van der Waals surface area contributed by atoms with Crippen LogP contribution in [0, 0.1) is 0 Å². The number of phenols is 1. The highest BCUT2D eigenvalue weighted by Gasteiger charge is 2.18. The number of benzene rings is 2. The molecule has 4 heteroatoms. The lowest BCUT2D eigenvalue weighted by Gasteiger charge is -2.29. The van der Waals surface area contributed by atoms with E-state index in [-0.39, 0.29) is 5.75 Å². The SMILES string of the molecule is Oc1ccc(C(O)CN2CCNCC2)c2ccccc12. The highest BCUT2D eigenvalue weighted by Crippen LogP contribution is 2.31. The van der Waals surface area contributed by atoms with Gasteiger partial charge >= 0.3 is 0 Å². The van der Waals surface area contributed by atoms with Gasteiger partial charge in [-0.3, -0.25) is 4.90 Å². The largest absolute Gasteiger partial charge is 0.507 e. The number of piperazine rings is 1. The van der Waals surface area contributed by atoms with Crippen molar-refractivity contribution in [3.8, 4) is 5.75 Å². The maximum absolute atomic E-state index is 10.5. The Kier molecular flexibility index (Phi) is 3.87. The molecule has 0 saturated carbocycles. The smallest absolute Gasteiger partial charge is 0.123 e. The Bertz CT molecular complexity index is 594. The van der Waals surface area contributed by atoms with Crippen molar-refractivity contribution in [1.82, 2.24) is 10.2 Å².